The van der Waals surface area contributed by atoms with Gasteiger partial charge in [0.1, 0.15) is 0 Å². The van der Waals surface area contributed by atoms with Gasteiger partial charge in [-0.05, 0) is 98.5 Å². The molecule has 0 radical (unpaired) electrons. The molecule has 0 spiro atoms. The second kappa shape index (κ2) is 16.5. The molecule has 0 aliphatic carbocycles. The highest BCUT2D eigenvalue weighted by Crippen LogP contribution is 2.46. The first kappa shape index (κ1) is 37.6. The molecule has 0 fully saturated rings. The summed E-state index contributed by atoms with van der Waals surface area (Å²) in [5.74, 6) is 0.410. The van der Waals surface area contributed by atoms with E-state index in [0.29, 0.717) is 0 Å². The molecule has 8 aromatic carbocycles. The predicted octanol–water partition coefficient (Wildman–Crippen LogP) is 15.8. The summed E-state index contributed by atoms with van der Waals surface area (Å²) in [6.45, 7) is 6.83. The lowest BCUT2D eigenvalue weighted by atomic mass is 9.80. The number of benzene rings is 8. The third kappa shape index (κ3) is 7.93. The van der Waals surface area contributed by atoms with Gasteiger partial charge < -0.3 is 0 Å². The van der Waals surface area contributed by atoms with Crippen LogP contribution >= 0.6 is 11.3 Å². The van der Waals surface area contributed by atoms with E-state index in [-0.39, 0.29) is 17.3 Å². The lowest BCUT2D eigenvalue weighted by Gasteiger charge is -2.24. The number of fused-ring (bicyclic) bond motifs is 3. The quantitative estimate of drug-likeness (QED) is 0.123. The van der Waals surface area contributed by atoms with Crippen LogP contribution in [0.2, 0.25) is 0 Å². The van der Waals surface area contributed by atoms with Crippen molar-refractivity contribution in [1.29, 1.82) is 0 Å². The second-order valence-corrected chi connectivity index (χ2v) is 17.9. The molecule has 0 aliphatic heterocycles. The minimum atomic E-state index is 0.132. The highest BCUT2D eigenvalue weighted by molar-refractivity contribution is 7.26. The van der Waals surface area contributed by atoms with Gasteiger partial charge in [-0.1, -0.05) is 203 Å². The van der Waals surface area contributed by atoms with E-state index in [4.69, 9.17) is 0 Å². The topological polar surface area (TPSA) is 0 Å². The Kier molecular flexibility index (Phi) is 10.7. The number of thiophene rings is 1. The maximum atomic E-state index is 2.55. The molecule has 0 amide bonds. The molecule has 1 heterocycles. The van der Waals surface area contributed by atoms with Gasteiger partial charge in [0, 0.05) is 37.6 Å². The number of rotatable bonds is 11. The first-order chi connectivity index (χ1) is 28.4. The predicted molar refractivity (Wildman–Crippen MR) is 250 cm³/mol. The molecule has 58 heavy (non-hydrogen) atoms. The van der Waals surface area contributed by atoms with Gasteiger partial charge in [-0.2, -0.15) is 0 Å². The van der Waals surface area contributed by atoms with Crippen LogP contribution in [0.25, 0.3) is 42.4 Å². The molecular weight excluding hydrogens is 717 g/mol. The monoisotopic (exact) mass is 766 g/mol. The molecule has 1 heteroatoms. The van der Waals surface area contributed by atoms with Gasteiger partial charge in [-0.25, -0.2) is 0 Å². The molecule has 0 bridgehead atoms. The summed E-state index contributed by atoms with van der Waals surface area (Å²) < 4.78 is 2.69. The standard InChI is InChI=1S/C57H50S/c1-57(2,3)47-34-32-43(33-35-47)42-28-30-45(31-29-42)48(36-27-40-17-7-4-8-18-40)46-38-53(56-54(39-46)51-25-15-16-26-55(51)58-56)50-24-14-13-23-49(50)52(44-21-11-6-12-22-44)37-41-19-9-5-10-20-41/h4-26,28-35,38-39,48,52H,27,36-37H2,1-3H3. The third-order valence-electron chi connectivity index (χ3n) is 12.0. The van der Waals surface area contributed by atoms with Crippen molar-refractivity contribution in [2.24, 2.45) is 0 Å². The zero-order valence-corrected chi connectivity index (χ0v) is 34.6. The Labute approximate surface area is 348 Å². The van der Waals surface area contributed by atoms with E-state index >= 15 is 0 Å². The molecule has 0 saturated heterocycles. The maximum Gasteiger partial charge on any atom is 0.0434 e. The Bertz CT molecular complexity index is 2750. The average Bonchev–Trinajstić information content (AvgIpc) is 3.65. The summed E-state index contributed by atoms with van der Waals surface area (Å²) >= 11 is 1.93. The molecule has 9 rings (SSSR count). The van der Waals surface area contributed by atoms with E-state index in [2.05, 4.69) is 221 Å². The molecule has 0 saturated carbocycles. The van der Waals surface area contributed by atoms with Crippen molar-refractivity contribution in [2.45, 2.75) is 57.3 Å². The fourth-order valence-electron chi connectivity index (χ4n) is 8.79. The summed E-state index contributed by atoms with van der Waals surface area (Å²) in [6.07, 6.45) is 2.95. The van der Waals surface area contributed by atoms with Crippen molar-refractivity contribution in [3.63, 3.8) is 0 Å². The first-order valence-corrected chi connectivity index (χ1v) is 21.6. The van der Waals surface area contributed by atoms with E-state index in [9.17, 15) is 0 Å². The summed E-state index contributed by atoms with van der Waals surface area (Å²) in [4.78, 5) is 0. The van der Waals surface area contributed by atoms with Gasteiger partial charge in [0.15, 0.2) is 0 Å². The fourth-order valence-corrected chi connectivity index (χ4v) is 10.0. The lowest BCUT2D eigenvalue weighted by Crippen LogP contribution is -2.10. The van der Waals surface area contributed by atoms with E-state index in [1.807, 2.05) is 11.3 Å². The van der Waals surface area contributed by atoms with Crippen molar-refractivity contribution in [3.05, 3.63) is 239 Å². The normalized spacial score (nSPS) is 12.8. The molecular formula is C57H50S. The molecule has 2 atom stereocenters. The Morgan fingerprint density at radius 1 is 0.448 bits per heavy atom. The summed E-state index contributed by atoms with van der Waals surface area (Å²) in [6, 6.07) is 74.9. The molecule has 0 N–H and O–H groups in total. The molecule has 0 nitrogen and oxygen atoms in total. The Hall–Kier alpha value is -6.02. The highest BCUT2D eigenvalue weighted by atomic mass is 32.1. The minimum absolute atomic E-state index is 0.132. The van der Waals surface area contributed by atoms with Crippen molar-refractivity contribution in [2.75, 3.05) is 0 Å². The van der Waals surface area contributed by atoms with Gasteiger partial charge in [-0.15, -0.1) is 11.3 Å². The zero-order chi connectivity index (χ0) is 39.5. The van der Waals surface area contributed by atoms with Crippen LogP contribution in [0.5, 0.6) is 0 Å². The zero-order valence-electron chi connectivity index (χ0n) is 33.7. The van der Waals surface area contributed by atoms with Gasteiger partial charge in [0.2, 0.25) is 0 Å². The van der Waals surface area contributed by atoms with Gasteiger partial charge in [0.05, 0.1) is 0 Å². The smallest absolute Gasteiger partial charge is 0.0434 e. The SMILES string of the molecule is CC(C)(C)c1ccc(-c2ccc(C(CCc3ccccc3)c3cc(-c4ccccc4C(Cc4ccccc4)c4ccccc4)c4sc5ccccc5c4c3)cc2)cc1. The largest absolute Gasteiger partial charge is 0.135 e. The van der Waals surface area contributed by atoms with Crippen molar-refractivity contribution >= 4 is 31.5 Å². The van der Waals surface area contributed by atoms with Crippen molar-refractivity contribution < 1.29 is 0 Å². The second-order valence-electron chi connectivity index (χ2n) is 16.8. The Balaban J connectivity index is 1.20. The molecule has 9 aromatic rings. The maximum absolute atomic E-state index is 2.55. The van der Waals surface area contributed by atoms with E-state index in [1.165, 1.54) is 81.4 Å². The average molecular weight is 767 g/mol. The third-order valence-corrected chi connectivity index (χ3v) is 13.2. The van der Waals surface area contributed by atoms with Crippen LogP contribution in [-0.2, 0) is 18.3 Å². The van der Waals surface area contributed by atoms with Gasteiger partial charge in [0.25, 0.3) is 0 Å². The van der Waals surface area contributed by atoms with Crippen molar-refractivity contribution in [1.82, 2.24) is 0 Å². The highest BCUT2D eigenvalue weighted by Gasteiger charge is 2.24. The molecule has 2 unspecified atom stereocenters. The summed E-state index contributed by atoms with van der Waals surface area (Å²) in [5, 5.41) is 2.69. The van der Waals surface area contributed by atoms with Crippen LogP contribution in [-0.4, -0.2) is 0 Å². The van der Waals surface area contributed by atoms with E-state index < -0.39 is 0 Å². The molecule has 284 valence electrons. The summed E-state index contributed by atoms with van der Waals surface area (Å²) in [7, 11) is 0. The minimum Gasteiger partial charge on any atom is -0.135 e. The fraction of sp³-hybridized carbons (Fsp3) is 0.158. The number of aryl methyl sites for hydroxylation is 1. The summed E-state index contributed by atoms with van der Waals surface area (Å²) in [5.41, 5.74) is 14.8. The molecule has 0 aliphatic rings. The van der Waals surface area contributed by atoms with Crippen molar-refractivity contribution in [3.8, 4) is 22.3 Å². The number of hydrogen-bond donors (Lipinski definition) is 0. The van der Waals surface area contributed by atoms with Gasteiger partial charge >= 0.3 is 0 Å². The van der Waals surface area contributed by atoms with Crippen LogP contribution in [0.15, 0.2) is 200 Å². The van der Waals surface area contributed by atoms with Crippen LogP contribution in [0.3, 0.4) is 0 Å². The lowest BCUT2D eigenvalue weighted by molar-refractivity contribution is 0.590. The van der Waals surface area contributed by atoms with Crippen LogP contribution in [0.1, 0.15) is 78.0 Å². The van der Waals surface area contributed by atoms with Crippen LogP contribution in [0, 0.1) is 0 Å². The van der Waals surface area contributed by atoms with E-state index in [0.717, 1.165) is 19.3 Å². The Morgan fingerprint density at radius 2 is 1.02 bits per heavy atom. The number of hydrogen-bond acceptors (Lipinski definition) is 1. The van der Waals surface area contributed by atoms with Crippen LogP contribution < -0.4 is 0 Å². The van der Waals surface area contributed by atoms with Gasteiger partial charge in [-0.3, -0.25) is 0 Å². The van der Waals surface area contributed by atoms with E-state index in [1.54, 1.807) is 0 Å². The first-order valence-electron chi connectivity index (χ1n) is 20.8. The molecule has 1 aromatic heterocycles. The Morgan fingerprint density at radius 3 is 1.71 bits per heavy atom. The van der Waals surface area contributed by atoms with Crippen LogP contribution in [0.4, 0.5) is 0 Å².